The maximum atomic E-state index is 11.9. The van der Waals surface area contributed by atoms with Gasteiger partial charge in [-0.25, -0.2) is 0 Å². The molecule has 0 aliphatic carbocycles. The van der Waals surface area contributed by atoms with Crippen molar-refractivity contribution in [2.24, 2.45) is 7.05 Å². The van der Waals surface area contributed by atoms with Crippen molar-refractivity contribution < 1.29 is 9.59 Å². The molecule has 0 saturated heterocycles. The summed E-state index contributed by atoms with van der Waals surface area (Å²) in [6, 6.07) is 8.85. The number of carbonyl (C=O) groups is 2. The zero-order chi connectivity index (χ0) is 14.7. The average Bonchev–Trinajstić information content (AvgIpc) is 2.75. The number of aryl methyl sites for hydroxylation is 2. The van der Waals surface area contributed by atoms with Crippen molar-refractivity contribution in [1.29, 1.82) is 0 Å². The Morgan fingerprint density at radius 2 is 1.80 bits per heavy atom. The molecule has 0 saturated carbocycles. The lowest BCUT2D eigenvalue weighted by Gasteiger charge is -2.09. The van der Waals surface area contributed by atoms with Gasteiger partial charge in [-0.2, -0.15) is 0 Å². The molecule has 0 aliphatic heterocycles. The van der Waals surface area contributed by atoms with E-state index < -0.39 is 0 Å². The quantitative estimate of drug-likeness (QED) is 0.826. The van der Waals surface area contributed by atoms with Gasteiger partial charge < -0.3 is 4.57 Å². The number of hydrazine groups is 1. The minimum atomic E-state index is -0.375. The lowest BCUT2D eigenvalue weighted by Crippen LogP contribution is -2.42. The second-order valence-corrected chi connectivity index (χ2v) is 5.29. The number of rotatable bonds is 2. The third kappa shape index (κ3) is 3.08. The SMILES string of the molecule is Cc1ccccc1C(=O)NNC(=O)c1cc(Br)cn1C. The molecule has 6 heteroatoms. The van der Waals surface area contributed by atoms with Crippen molar-refractivity contribution in [3.63, 3.8) is 0 Å². The van der Waals surface area contributed by atoms with E-state index in [1.54, 1.807) is 36.0 Å². The summed E-state index contributed by atoms with van der Waals surface area (Å²) in [5.74, 6) is -0.718. The first-order chi connectivity index (χ1) is 9.49. The molecule has 2 N–H and O–H groups in total. The van der Waals surface area contributed by atoms with Gasteiger partial charge in [0, 0.05) is 23.3 Å². The number of halogens is 1. The van der Waals surface area contributed by atoms with Gasteiger partial charge in [-0.05, 0) is 40.5 Å². The molecule has 2 amide bonds. The Kier molecular flexibility index (Phi) is 4.24. The number of carbonyl (C=O) groups excluding carboxylic acids is 2. The Balaban J connectivity index is 2.02. The molecule has 1 aromatic heterocycles. The molecular weight excluding hydrogens is 322 g/mol. The van der Waals surface area contributed by atoms with Gasteiger partial charge >= 0.3 is 0 Å². The highest BCUT2D eigenvalue weighted by molar-refractivity contribution is 9.10. The van der Waals surface area contributed by atoms with Gasteiger partial charge in [0.15, 0.2) is 0 Å². The summed E-state index contributed by atoms with van der Waals surface area (Å²) in [4.78, 5) is 23.9. The van der Waals surface area contributed by atoms with E-state index in [0.717, 1.165) is 10.0 Å². The van der Waals surface area contributed by atoms with Crippen LogP contribution in [0.1, 0.15) is 26.4 Å². The van der Waals surface area contributed by atoms with Gasteiger partial charge in [0.25, 0.3) is 11.8 Å². The fraction of sp³-hybridized carbons (Fsp3) is 0.143. The number of hydrogen-bond donors (Lipinski definition) is 2. The van der Waals surface area contributed by atoms with Crippen molar-refractivity contribution >= 4 is 27.7 Å². The number of nitrogens with zero attached hydrogens (tertiary/aromatic N) is 1. The number of hydrogen-bond acceptors (Lipinski definition) is 2. The van der Waals surface area contributed by atoms with Crippen molar-refractivity contribution in [1.82, 2.24) is 15.4 Å². The number of benzene rings is 1. The maximum Gasteiger partial charge on any atom is 0.286 e. The highest BCUT2D eigenvalue weighted by atomic mass is 79.9. The fourth-order valence-electron chi connectivity index (χ4n) is 1.82. The zero-order valence-electron chi connectivity index (χ0n) is 11.1. The highest BCUT2D eigenvalue weighted by Gasteiger charge is 2.13. The first kappa shape index (κ1) is 14.3. The Hall–Kier alpha value is -2.08. The van der Waals surface area contributed by atoms with Crippen LogP contribution < -0.4 is 10.9 Å². The van der Waals surface area contributed by atoms with E-state index >= 15 is 0 Å². The van der Waals surface area contributed by atoms with Crippen LogP contribution in [0.4, 0.5) is 0 Å². The van der Waals surface area contributed by atoms with Crippen molar-refractivity contribution in [2.45, 2.75) is 6.92 Å². The highest BCUT2D eigenvalue weighted by Crippen LogP contribution is 2.13. The molecule has 2 aromatic rings. The molecular formula is C14H14BrN3O2. The number of aromatic nitrogens is 1. The van der Waals surface area contributed by atoms with Crippen LogP contribution in [0.15, 0.2) is 41.0 Å². The third-order valence-corrected chi connectivity index (χ3v) is 3.32. The topological polar surface area (TPSA) is 63.1 Å². The predicted molar refractivity (Wildman–Crippen MR) is 79.2 cm³/mol. The average molecular weight is 336 g/mol. The second kappa shape index (κ2) is 5.92. The summed E-state index contributed by atoms with van der Waals surface area (Å²) in [5, 5.41) is 0. The van der Waals surface area contributed by atoms with Crippen LogP contribution in [-0.2, 0) is 7.05 Å². The third-order valence-electron chi connectivity index (χ3n) is 2.88. The second-order valence-electron chi connectivity index (χ2n) is 4.38. The van der Waals surface area contributed by atoms with E-state index in [1.165, 1.54) is 0 Å². The first-order valence-corrected chi connectivity index (χ1v) is 6.76. The van der Waals surface area contributed by atoms with Crippen LogP contribution >= 0.6 is 15.9 Å². The van der Waals surface area contributed by atoms with Crippen LogP contribution in [0.25, 0.3) is 0 Å². The number of nitrogens with one attached hydrogen (secondary N) is 2. The molecule has 2 rings (SSSR count). The van der Waals surface area contributed by atoms with E-state index in [2.05, 4.69) is 26.8 Å². The van der Waals surface area contributed by atoms with Gasteiger partial charge in [-0.1, -0.05) is 18.2 Å². The molecule has 0 bridgehead atoms. The Morgan fingerprint density at radius 3 is 2.40 bits per heavy atom. The number of amides is 2. The zero-order valence-corrected chi connectivity index (χ0v) is 12.7. The van der Waals surface area contributed by atoms with Crippen LogP contribution in [0.2, 0.25) is 0 Å². The molecule has 0 atom stereocenters. The normalized spacial score (nSPS) is 10.2. The summed E-state index contributed by atoms with van der Waals surface area (Å²) < 4.78 is 2.47. The molecule has 0 fully saturated rings. The molecule has 1 heterocycles. The Labute approximate surface area is 125 Å². The summed E-state index contributed by atoms with van der Waals surface area (Å²) in [7, 11) is 1.75. The first-order valence-electron chi connectivity index (χ1n) is 5.97. The van der Waals surface area contributed by atoms with Gasteiger partial charge in [0.2, 0.25) is 0 Å². The van der Waals surface area contributed by atoms with Crippen LogP contribution in [-0.4, -0.2) is 16.4 Å². The Morgan fingerprint density at radius 1 is 1.15 bits per heavy atom. The summed E-state index contributed by atoms with van der Waals surface area (Å²) in [6.07, 6.45) is 1.76. The van der Waals surface area contributed by atoms with Gasteiger partial charge in [-0.3, -0.25) is 20.4 Å². The molecule has 20 heavy (non-hydrogen) atoms. The fourth-order valence-corrected chi connectivity index (χ4v) is 2.35. The van der Waals surface area contributed by atoms with Crippen molar-refractivity contribution in [3.8, 4) is 0 Å². The van der Waals surface area contributed by atoms with Crippen LogP contribution in [0.5, 0.6) is 0 Å². The molecule has 0 spiro atoms. The standard InChI is InChI=1S/C14H14BrN3O2/c1-9-5-3-4-6-11(9)13(19)16-17-14(20)12-7-10(15)8-18(12)2/h3-8H,1-2H3,(H,16,19)(H,17,20). The Bertz CT molecular complexity index is 664. The van der Waals surface area contributed by atoms with Crippen LogP contribution in [0, 0.1) is 6.92 Å². The van der Waals surface area contributed by atoms with Gasteiger partial charge in [-0.15, -0.1) is 0 Å². The van der Waals surface area contributed by atoms with Crippen molar-refractivity contribution in [3.05, 3.63) is 57.8 Å². The van der Waals surface area contributed by atoms with E-state index in [4.69, 9.17) is 0 Å². The van der Waals surface area contributed by atoms with E-state index in [-0.39, 0.29) is 11.8 Å². The van der Waals surface area contributed by atoms with E-state index in [0.29, 0.717) is 11.3 Å². The maximum absolute atomic E-state index is 11.9. The minimum absolute atomic E-state index is 0.343. The summed E-state index contributed by atoms with van der Waals surface area (Å²) >= 11 is 3.29. The van der Waals surface area contributed by atoms with E-state index in [1.807, 2.05) is 19.1 Å². The lowest BCUT2D eigenvalue weighted by molar-refractivity contribution is 0.0841. The lowest BCUT2D eigenvalue weighted by atomic mass is 10.1. The summed E-state index contributed by atoms with van der Waals surface area (Å²) in [6.45, 7) is 1.84. The van der Waals surface area contributed by atoms with E-state index in [9.17, 15) is 9.59 Å². The largest absolute Gasteiger partial charge is 0.345 e. The van der Waals surface area contributed by atoms with Gasteiger partial charge in [0.1, 0.15) is 5.69 Å². The molecule has 0 unspecified atom stereocenters. The van der Waals surface area contributed by atoms with Gasteiger partial charge in [0.05, 0.1) is 0 Å². The summed E-state index contributed by atoms with van der Waals surface area (Å²) in [5.41, 5.74) is 6.63. The molecule has 0 aliphatic rings. The molecule has 0 radical (unpaired) electrons. The van der Waals surface area contributed by atoms with Crippen molar-refractivity contribution in [2.75, 3.05) is 0 Å². The molecule has 5 nitrogen and oxygen atoms in total. The van der Waals surface area contributed by atoms with Crippen LogP contribution in [0.3, 0.4) is 0 Å². The molecule has 104 valence electrons. The minimum Gasteiger partial charge on any atom is -0.345 e. The molecule has 1 aromatic carbocycles. The monoisotopic (exact) mass is 335 g/mol. The predicted octanol–water partition coefficient (Wildman–Crippen LogP) is 2.17. The smallest absolute Gasteiger partial charge is 0.286 e.